The second-order valence-electron chi connectivity index (χ2n) is 8.32. The van der Waals surface area contributed by atoms with Crippen LogP contribution in [-0.2, 0) is 14.3 Å². The quantitative estimate of drug-likeness (QED) is 0.703. The van der Waals surface area contributed by atoms with Crippen LogP contribution in [0, 0.1) is 11.8 Å². The Hall–Kier alpha value is -1.60. The Morgan fingerprint density at radius 3 is 2.56 bits per heavy atom. The molecule has 1 fully saturated rings. The lowest BCUT2D eigenvalue weighted by Gasteiger charge is -2.31. The van der Waals surface area contributed by atoms with Gasteiger partial charge in [-0.3, -0.25) is 4.79 Å². The Labute approximate surface area is 169 Å². The van der Waals surface area contributed by atoms with Crippen molar-refractivity contribution in [1.29, 1.82) is 0 Å². The van der Waals surface area contributed by atoms with Crippen LogP contribution >= 0.6 is 15.9 Å². The first kappa shape index (κ1) is 21.7. The predicted molar refractivity (Wildman–Crippen MR) is 106 cm³/mol. The van der Waals surface area contributed by atoms with Gasteiger partial charge in [0.15, 0.2) is 0 Å². The van der Waals surface area contributed by atoms with E-state index in [2.05, 4.69) is 21.2 Å². The minimum absolute atomic E-state index is 0.0796. The minimum Gasteiger partial charge on any atom is -0.492 e. The van der Waals surface area contributed by atoms with Crippen LogP contribution < -0.4 is 10.1 Å². The standard InChI is InChI=1S/C20H28BrNO5/c1-19(2,3)27-18(24)16-12(10-22-20(16,4)5)11-26-15-8-7-13(21)9-14(15)17(23)25-6/h7-9,12,16,22H,10-11H2,1-6H3. The third kappa shape index (κ3) is 5.45. The Kier molecular flexibility index (Phi) is 6.58. The van der Waals surface area contributed by atoms with Gasteiger partial charge in [-0.15, -0.1) is 0 Å². The van der Waals surface area contributed by atoms with Crippen LogP contribution in [0.5, 0.6) is 5.75 Å². The van der Waals surface area contributed by atoms with E-state index in [9.17, 15) is 9.59 Å². The monoisotopic (exact) mass is 441 g/mol. The van der Waals surface area contributed by atoms with Crippen molar-refractivity contribution in [3.05, 3.63) is 28.2 Å². The van der Waals surface area contributed by atoms with Gasteiger partial charge in [-0.05, 0) is 52.8 Å². The fraction of sp³-hybridized carbons (Fsp3) is 0.600. The molecule has 1 aliphatic rings. The fourth-order valence-electron chi connectivity index (χ4n) is 3.31. The molecule has 1 aromatic carbocycles. The van der Waals surface area contributed by atoms with Crippen LogP contribution in [0.2, 0.25) is 0 Å². The van der Waals surface area contributed by atoms with Gasteiger partial charge in [-0.1, -0.05) is 15.9 Å². The molecular weight excluding hydrogens is 414 g/mol. The highest BCUT2D eigenvalue weighted by Crippen LogP contribution is 2.34. The summed E-state index contributed by atoms with van der Waals surface area (Å²) >= 11 is 3.35. The van der Waals surface area contributed by atoms with E-state index < -0.39 is 17.1 Å². The SMILES string of the molecule is COC(=O)c1cc(Br)ccc1OCC1CNC(C)(C)C1C(=O)OC(C)(C)C. The maximum absolute atomic E-state index is 12.8. The topological polar surface area (TPSA) is 73.9 Å². The van der Waals surface area contributed by atoms with Gasteiger partial charge >= 0.3 is 11.9 Å². The Morgan fingerprint density at radius 1 is 1.30 bits per heavy atom. The van der Waals surface area contributed by atoms with Crippen molar-refractivity contribution in [3.8, 4) is 5.75 Å². The van der Waals surface area contributed by atoms with Gasteiger partial charge in [0.05, 0.1) is 19.6 Å². The van der Waals surface area contributed by atoms with Crippen LogP contribution in [-0.4, -0.2) is 43.3 Å². The normalized spacial score (nSPS) is 21.6. The summed E-state index contributed by atoms with van der Waals surface area (Å²) < 4.78 is 17.1. The summed E-state index contributed by atoms with van der Waals surface area (Å²) in [6, 6.07) is 5.17. The zero-order chi connectivity index (χ0) is 20.4. The summed E-state index contributed by atoms with van der Waals surface area (Å²) in [5, 5.41) is 3.38. The van der Waals surface area contributed by atoms with Crippen molar-refractivity contribution in [3.63, 3.8) is 0 Å². The van der Waals surface area contributed by atoms with Gasteiger partial charge in [-0.25, -0.2) is 4.79 Å². The first-order chi connectivity index (χ1) is 12.4. The lowest BCUT2D eigenvalue weighted by Crippen LogP contribution is -2.45. The van der Waals surface area contributed by atoms with Crippen molar-refractivity contribution in [2.45, 2.75) is 45.8 Å². The van der Waals surface area contributed by atoms with Gasteiger partial charge < -0.3 is 19.5 Å². The number of nitrogens with one attached hydrogen (secondary N) is 1. The van der Waals surface area contributed by atoms with Gasteiger partial charge in [0.2, 0.25) is 0 Å². The molecule has 0 aliphatic carbocycles. The number of methoxy groups -OCH3 is 1. The van der Waals surface area contributed by atoms with Crippen molar-refractivity contribution in [2.24, 2.45) is 11.8 Å². The number of benzene rings is 1. The molecule has 1 aliphatic heterocycles. The molecule has 6 nitrogen and oxygen atoms in total. The van der Waals surface area contributed by atoms with Gasteiger partial charge in [0.1, 0.15) is 16.9 Å². The van der Waals surface area contributed by atoms with E-state index in [1.807, 2.05) is 34.6 Å². The highest BCUT2D eigenvalue weighted by atomic mass is 79.9. The molecule has 0 spiro atoms. The molecule has 0 radical (unpaired) electrons. The molecular formula is C20H28BrNO5. The fourth-order valence-corrected chi connectivity index (χ4v) is 3.67. The van der Waals surface area contributed by atoms with E-state index in [4.69, 9.17) is 14.2 Å². The molecule has 2 unspecified atom stereocenters. The van der Waals surface area contributed by atoms with E-state index in [0.29, 0.717) is 17.9 Å². The van der Waals surface area contributed by atoms with Gasteiger partial charge in [0.25, 0.3) is 0 Å². The zero-order valence-electron chi connectivity index (χ0n) is 16.7. The zero-order valence-corrected chi connectivity index (χ0v) is 18.3. The first-order valence-electron chi connectivity index (χ1n) is 8.93. The summed E-state index contributed by atoms with van der Waals surface area (Å²) in [5.41, 5.74) is -0.613. The van der Waals surface area contributed by atoms with Gasteiger partial charge in [-0.2, -0.15) is 0 Å². The number of hydrogen-bond acceptors (Lipinski definition) is 6. The summed E-state index contributed by atoms with van der Waals surface area (Å²) in [6.45, 7) is 10.5. The molecule has 0 bridgehead atoms. The predicted octanol–water partition coefficient (Wildman–Crippen LogP) is 3.57. The molecule has 1 aromatic rings. The van der Waals surface area contributed by atoms with E-state index >= 15 is 0 Å². The Bertz CT molecular complexity index is 711. The average Bonchev–Trinajstić information content (AvgIpc) is 2.85. The number of rotatable bonds is 5. The second kappa shape index (κ2) is 8.19. The molecule has 0 saturated carbocycles. The molecule has 27 heavy (non-hydrogen) atoms. The molecule has 0 amide bonds. The number of carbonyl (C=O) groups excluding carboxylic acids is 2. The van der Waals surface area contributed by atoms with Crippen molar-refractivity contribution in [1.82, 2.24) is 5.32 Å². The third-order valence-corrected chi connectivity index (χ3v) is 5.02. The van der Waals surface area contributed by atoms with Crippen LogP contribution in [0.3, 0.4) is 0 Å². The molecule has 150 valence electrons. The summed E-state index contributed by atoms with van der Waals surface area (Å²) in [7, 11) is 1.33. The largest absolute Gasteiger partial charge is 0.492 e. The van der Waals surface area contributed by atoms with Crippen LogP contribution in [0.4, 0.5) is 0 Å². The van der Waals surface area contributed by atoms with Crippen LogP contribution in [0.15, 0.2) is 22.7 Å². The molecule has 1 heterocycles. The molecule has 7 heteroatoms. The number of ether oxygens (including phenoxy) is 3. The Morgan fingerprint density at radius 2 is 1.96 bits per heavy atom. The summed E-state index contributed by atoms with van der Waals surface area (Å²) in [6.07, 6.45) is 0. The van der Waals surface area contributed by atoms with Crippen molar-refractivity contribution < 1.29 is 23.8 Å². The number of hydrogen-bond donors (Lipinski definition) is 1. The lowest BCUT2D eigenvalue weighted by molar-refractivity contribution is -0.163. The summed E-state index contributed by atoms with van der Waals surface area (Å²) in [5.74, 6) is -0.717. The third-order valence-electron chi connectivity index (χ3n) is 4.53. The number of halogens is 1. The van der Waals surface area contributed by atoms with Crippen LogP contribution in [0.1, 0.15) is 45.0 Å². The van der Waals surface area contributed by atoms with Crippen molar-refractivity contribution >= 4 is 27.9 Å². The Balaban J connectivity index is 2.17. The maximum atomic E-state index is 12.8. The maximum Gasteiger partial charge on any atom is 0.341 e. The van der Waals surface area contributed by atoms with E-state index in [-0.39, 0.29) is 24.4 Å². The van der Waals surface area contributed by atoms with E-state index in [1.54, 1.807) is 18.2 Å². The molecule has 2 atom stereocenters. The average molecular weight is 442 g/mol. The molecule has 1 N–H and O–H groups in total. The minimum atomic E-state index is -0.551. The highest BCUT2D eigenvalue weighted by Gasteiger charge is 2.48. The number of carbonyl (C=O) groups is 2. The van der Waals surface area contributed by atoms with Crippen molar-refractivity contribution in [2.75, 3.05) is 20.3 Å². The molecule has 1 saturated heterocycles. The van der Waals surface area contributed by atoms with E-state index in [0.717, 1.165) is 4.47 Å². The smallest absolute Gasteiger partial charge is 0.341 e. The van der Waals surface area contributed by atoms with Gasteiger partial charge in [0, 0.05) is 22.5 Å². The second-order valence-corrected chi connectivity index (χ2v) is 9.23. The highest BCUT2D eigenvalue weighted by molar-refractivity contribution is 9.10. The lowest BCUT2D eigenvalue weighted by atomic mass is 9.83. The number of esters is 2. The van der Waals surface area contributed by atoms with Crippen LogP contribution in [0.25, 0.3) is 0 Å². The first-order valence-corrected chi connectivity index (χ1v) is 9.72. The molecule has 2 rings (SSSR count). The van der Waals surface area contributed by atoms with E-state index in [1.165, 1.54) is 7.11 Å². The molecule has 0 aromatic heterocycles. The summed E-state index contributed by atoms with van der Waals surface area (Å²) in [4.78, 5) is 24.8.